The Kier molecular flexibility index (Phi) is 6.72. The molecule has 2 heterocycles. The van der Waals surface area contributed by atoms with Crippen molar-refractivity contribution in [3.05, 3.63) is 81.0 Å². The number of hydrogen-bond acceptors (Lipinski definition) is 4. The minimum absolute atomic E-state index is 0.103. The second-order valence-electron chi connectivity index (χ2n) is 8.41. The number of carbonyl (C=O) groups is 2. The molecule has 2 amide bonds. The molecule has 0 aliphatic carbocycles. The van der Waals surface area contributed by atoms with Gasteiger partial charge < -0.3 is 15.2 Å². The van der Waals surface area contributed by atoms with E-state index in [1.807, 2.05) is 42.2 Å². The van der Waals surface area contributed by atoms with Crippen molar-refractivity contribution in [2.75, 3.05) is 13.1 Å². The number of para-hydroxylation sites is 1. The van der Waals surface area contributed by atoms with Gasteiger partial charge in [0.25, 0.3) is 5.56 Å². The van der Waals surface area contributed by atoms with E-state index in [1.54, 1.807) is 24.3 Å². The van der Waals surface area contributed by atoms with Gasteiger partial charge in [0.05, 0.1) is 16.8 Å². The van der Waals surface area contributed by atoms with Crippen LogP contribution in [0.5, 0.6) is 0 Å². The maximum Gasteiger partial charge on any atom is 0.329 e. The van der Waals surface area contributed by atoms with Crippen LogP contribution in [0.2, 0.25) is 0 Å². The molecule has 0 saturated carbocycles. The van der Waals surface area contributed by atoms with Crippen molar-refractivity contribution >= 4 is 22.7 Å². The summed E-state index contributed by atoms with van der Waals surface area (Å²) in [5, 5.41) is 3.28. The highest BCUT2D eigenvalue weighted by atomic mass is 16.2. The Hall–Kier alpha value is -3.68. The summed E-state index contributed by atoms with van der Waals surface area (Å²) in [6.45, 7) is 2.79. The number of likely N-dealkylation sites (tertiary alicyclic amines) is 1. The van der Waals surface area contributed by atoms with Crippen molar-refractivity contribution in [3.63, 3.8) is 0 Å². The average molecular weight is 449 g/mol. The molecule has 1 unspecified atom stereocenters. The lowest BCUT2D eigenvalue weighted by Gasteiger charge is -2.34. The van der Waals surface area contributed by atoms with Gasteiger partial charge in [-0.15, -0.1) is 0 Å². The summed E-state index contributed by atoms with van der Waals surface area (Å²) in [6, 6.07) is 16.4. The van der Waals surface area contributed by atoms with E-state index < -0.39 is 17.2 Å². The van der Waals surface area contributed by atoms with Crippen molar-refractivity contribution in [1.29, 1.82) is 0 Å². The maximum absolute atomic E-state index is 13.0. The highest BCUT2D eigenvalue weighted by Crippen LogP contribution is 2.24. The maximum atomic E-state index is 13.0. The van der Waals surface area contributed by atoms with E-state index in [1.165, 1.54) is 0 Å². The molecule has 0 bridgehead atoms. The van der Waals surface area contributed by atoms with Crippen LogP contribution in [0.1, 0.15) is 37.7 Å². The first-order valence-electron chi connectivity index (χ1n) is 11.3. The molecule has 33 heavy (non-hydrogen) atoms. The van der Waals surface area contributed by atoms with Gasteiger partial charge in [0, 0.05) is 19.1 Å². The van der Waals surface area contributed by atoms with Crippen LogP contribution in [0.3, 0.4) is 0 Å². The number of aromatic amines is 1. The molecule has 1 fully saturated rings. The monoisotopic (exact) mass is 448 g/mol. The lowest BCUT2D eigenvalue weighted by Crippen LogP contribution is -2.49. The van der Waals surface area contributed by atoms with Crippen LogP contribution in [0, 0.1) is 0 Å². The van der Waals surface area contributed by atoms with Crippen LogP contribution in [0.4, 0.5) is 0 Å². The van der Waals surface area contributed by atoms with E-state index in [9.17, 15) is 19.2 Å². The molecule has 172 valence electrons. The Labute approximate surface area is 191 Å². The van der Waals surface area contributed by atoms with E-state index in [0.29, 0.717) is 36.8 Å². The third-order valence-electron chi connectivity index (χ3n) is 6.27. The normalized spacial score (nSPS) is 15.4. The van der Waals surface area contributed by atoms with Crippen LogP contribution in [-0.4, -0.2) is 45.4 Å². The average Bonchev–Trinajstić information content (AvgIpc) is 2.83. The van der Waals surface area contributed by atoms with Crippen molar-refractivity contribution in [3.8, 4) is 0 Å². The number of hydrogen-bond donors (Lipinski definition) is 2. The largest absolute Gasteiger partial charge is 0.352 e. The number of H-pyrrole nitrogens is 1. The predicted molar refractivity (Wildman–Crippen MR) is 126 cm³/mol. The first kappa shape index (κ1) is 22.5. The Bertz CT molecular complexity index is 1260. The van der Waals surface area contributed by atoms with Crippen molar-refractivity contribution in [1.82, 2.24) is 19.8 Å². The number of piperidine rings is 1. The Morgan fingerprint density at radius 3 is 2.39 bits per heavy atom. The first-order valence-corrected chi connectivity index (χ1v) is 11.3. The molecular weight excluding hydrogens is 420 g/mol. The smallest absolute Gasteiger partial charge is 0.329 e. The van der Waals surface area contributed by atoms with E-state index in [2.05, 4.69) is 10.3 Å². The second-order valence-corrected chi connectivity index (χ2v) is 8.41. The Morgan fingerprint density at radius 2 is 1.70 bits per heavy atom. The highest BCUT2D eigenvalue weighted by molar-refractivity contribution is 5.84. The summed E-state index contributed by atoms with van der Waals surface area (Å²) in [5.74, 6) is -0.440. The summed E-state index contributed by atoms with van der Waals surface area (Å²) in [4.78, 5) is 55.0. The third kappa shape index (κ3) is 4.89. The first-order chi connectivity index (χ1) is 16.0. The van der Waals surface area contributed by atoms with Crippen LogP contribution < -0.4 is 16.6 Å². The van der Waals surface area contributed by atoms with Crippen LogP contribution in [0.25, 0.3) is 10.9 Å². The van der Waals surface area contributed by atoms with Crippen LogP contribution in [0.15, 0.2) is 64.2 Å². The fourth-order valence-corrected chi connectivity index (χ4v) is 4.46. The topological polar surface area (TPSA) is 104 Å². The molecule has 1 aliphatic heterocycles. The SMILES string of the molecule is CCC(C(=O)N1CCC(NC(=O)Cn2c(=O)[nH]c3ccccc3c2=O)CC1)c1ccccc1. The second kappa shape index (κ2) is 9.85. The Balaban J connectivity index is 1.35. The quantitative estimate of drug-likeness (QED) is 0.602. The lowest BCUT2D eigenvalue weighted by molar-refractivity contribution is -0.134. The molecule has 1 saturated heterocycles. The molecule has 8 heteroatoms. The summed E-state index contributed by atoms with van der Waals surface area (Å²) in [5.41, 5.74) is 0.366. The number of rotatable bonds is 6. The van der Waals surface area contributed by atoms with Gasteiger partial charge in [-0.3, -0.25) is 19.0 Å². The highest BCUT2D eigenvalue weighted by Gasteiger charge is 2.29. The van der Waals surface area contributed by atoms with Gasteiger partial charge in [0.1, 0.15) is 6.54 Å². The molecule has 1 atom stereocenters. The number of carbonyl (C=O) groups excluding carboxylic acids is 2. The molecule has 1 aliphatic rings. The van der Waals surface area contributed by atoms with Crippen molar-refractivity contribution in [2.45, 2.75) is 44.7 Å². The van der Waals surface area contributed by atoms with E-state index in [-0.39, 0.29) is 24.4 Å². The standard InChI is InChI=1S/C25H28N4O4/c1-2-19(17-8-4-3-5-9-17)23(31)28-14-12-18(13-15-28)26-22(30)16-29-24(32)20-10-6-7-11-21(20)27-25(29)33/h3-11,18-19H,2,12-16H2,1H3,(H,26,30)(H,27,33). The zero-order chi connectivity index (χ0) is 23.4. The molecule has 0 radical (unpaired) electrons. The van der Waals surface area contributed by atoms with Crippen LogP contribution in [-0.2, 0) is 16.1 Å². The van der Waals surface area contributed by atoms with Gasteiger partial charge in [-0.25, -0.2) is 4.79 Å². The number of benzene rings is 2. The van der Waals surface area contributed by atoms with Gasteiger partial charge >= 0.3 is 5.69 Å². The van der Waals surface area contributed by atoms with Gasteiger partial charge in [-0.2, -0.15) is 0 Å². The zero-order valence-electron chi connectivity index (χ0n) is 18.6. The summed E-state index contributed by atoms with van der Waals surface area (Å²) < 4.78 is 0.919. The predicted octanol–water partition coefficient (Wildman–Crippen LogP) is 1.99. The number of fused-ring (bicyclic) bond motifs is 1. The molecule has 8 nitrogen and oxygen atoms in total. The lowest BCUT2D eigenvalue weighted by atomic mass is 9.93. The minimum Gasteiger partial charge on any atom is -0.352 e. The molecular formula is C25H28N4O4. The molecule has 2 N–H and O–H groups in total. The third-order valence-corrected chi connectivity index (χ3v) is 6.27. The van der Waals surface area contributed by atoms with Gasteiger partial charge in [-0.1, -0.05) is 49.4 Å². The van der Waals surface area contributed by atoms with E-state index in [0.717, 1.165) is 16.6 Å². The van der Waals surface area contributed by atoms with Gasteiger partial charge in [-0.05, 0) is 37.0 Å². The molecule has 0 spiro atoms. The summed E-state index contributed by atoms with van der Waals surface area (Å²) in [6.07, 6.45) is 1.99. The molecule has 2 aromatic carbocycles. The Morgan fingerprint density at radius 1 is 1.03 bits per heavy atom. The molecule has 1 aromatic heterocycles. The van der Waals surface area contributed by atoms with Gasteiger partial charge in [0.2, 0.25) is 11.8 Å². The molecule has 4 rings (SSSR count). The van der Waals surface area contributed by atoms with Crippen molar-refractivity contribution in [2.24, 2.45) is 0 Å². The fourth-order valence-electron chi connectivity index (χ4n) is 4.46. The van der Waals surface area contributed by atoms with E-state index in [4.69, 9.17) is 0 Å². The number of nitrogens with zero attached hydrogens (tertiary/aromatic N) is 2. The van der Waals surface area contributed by atoms with Crippen molar-refractivity contribution < 1.29 is 9.59 Å². The number of amides is 2. The number of nitrogens with one attached hydrogen (secondary N) is 2. The zero-order valence-corrected chi connectivity index (χ0v) is 18.6. The van der Waals surface area contributed by atoms with E-state index >= 15 is 0 Å². The minimum atomic E-state index is -0.610. The fraction of sp³-hybridized carbons (Fsp3) is 0.360. The summed E-state index contributed by atoms with van der Waals surface area (Å²) >= 11 is 0. The van der Waals surface area contributed by atoms with Crippen LogP contribution >= 0.6 is 0 Å². The van der Waals surface area contributed by atoms with Gasteiger partial charge in [0.15, 0.2) is 0 Å². The summed E-state index contributed by atoms with van der Waals surface area (Å²) in [7, 11) is 0. The molecule has 3 aromatic rings. The number of aromatic nitrogens is 2.